The van der Waals surface area contributed by atoms with Crippen molar-refractivity contribution < 1.29 is 18.3 Å². The number of halogens is 2. The molecule has 1 aromatic carbocycles. The number of likely N-dealkylation sites (N-methyl/N-ethyl adjacent to an activating group) is 1. The number of amides is 1. The number of rotatable bonds is 6. The molecule has 1 unspecified atom stereocenters. The smallest absolute Gasteiger partial charge is 0.262 e. The highest BCUT2D eigenvalue weighted by Crippen LogP contribution is 2.26. The maximum Gasteiger partial charge on any atom is 0.262 e. The topological polar surface area (TPSA) is 59.4 Å². The number of hydrogen-bond donors (Lipinski definition) is 1. The molecule has 1 fully saturated rings. The largest absolute Gasteiger partial charge is 0.492 e. The first-order valence-corrected chi connectivity index (χ1v) is 8.42. The van der Waals surface area contributed by atoms with Crippen molar-refractivity contribution in [2.24, 2.45) is 7.05 Å². The van der Waals surface area contributed by atoms with E-state index < -0.39 is 24.9 Å². The second-order valence-corrected chi connectivity index (χ2v) is 6.53. The summed E-state index contributed by atoms with van der Waals surface area (Å²) in [5.74, 6) is -2.47. The van der Waals surface area contributed by atoms with Gasteiger partial charge in [-0.1, -0.05) is 12.1 Å². The minimum atomic E-state index is -2.82. The van der Waals surface area contributed by atoms with Gasteiger partial charge in [0, 0.05) is 32.3 Å². The van der Waals surface area contributed by atoms with E-state index in [1.165, 1.54) is 4.90 Å². The van der Waals surface area contributed by atoms with Gasteiger partial charge in [-0.15, -0.1) is 0 Å². The summed E-state index contributed by atoms with van der Waals surface area (Å²) in [6.07, 6.45) is 3.23. The summed E-state index contributed by atoms with van der Waals surface area (Å²) in [7, 11) is 3.45. The Morgan fingerprint density at radius 1 is 1.46 bits per heavy atom. The zero-order valence-corrected chi connectivity index (χ0v) is 14.8. The highest BCUT2D eigenvalue weighted by Gasteiger charge is 2.43. The van der Waals surface area contributed by atoms with Gasteiger partial charge in [0.2, 0.25) is 5.91 Å². The number of ether oxygens (including phenoxy) is 1. The van der Waals surface area contributed by atoms with Gasteiger partial charge in [-0.2, -0.15) is 5.10 Å². The van der Waals surface area contributed by atoms with Gasteiger partial charge in [-0.05, 0) is 17.7 Å². The Labute approximate surface area is 150 Å². The number of aryl methyl sites for hydroxylation is 1. The molecule has 6 nitrogen and oxygen atoms in total. The average Bonchev–Trinajstić information content (AvgIpc) is 3.19. The lowest BCUT2D eigenvalue weighted by atomic mass is 10.1. The van der Waals surface area contributed by atoms with E-state index in [1.54, 1.807) is 17.9 Å². The van der Waals surface area contributed by atoms with Crippen molar-refractivity contribution in [2.75, 3.05) is 26.7 Å². The molecule has 1 aromatic heterocycles. The molecule has 1 N–H and O–H groups in total. The second kappa shape index (κ2) is 7.41. The van der Waals surface area contributed by atoms with Crippen LogP contribution in [-0.2, 0) is 11.8 Å². The van der Waals surface area contributed by atoms with E-state index in [1.807, 2.05) is 37.5 Å². The Hall–Kier alpha value is -2.48. The van der Waals surface area contributed by atoms with Crippen LogP contribution in [0.15, 0.2) is 36.7 Å². The average molecular weight is 364 g/mol. The van der Waals surface area contributed by atoms with Crippen molar-refractivity contribution in [1.82, 2.24) is 20.0 Å². The van der Waals surface area contributed by atoms with Crippen LogP contribution in [0.4, 0.5) is 8.78 Å². The van der Waals surface area contributed by atoms with Crippen LogP contribution in [0.25, 0.3) is 11.1 Å². The van der Waals surface area contributed by atoms with E-state index in [0.717, 1.165) is 11.1 Å². The molecule has 1 saturated heterocycles. The fraction of sp³-hybridized carbons (Fsp3) is 0.444. The Balaban J connectivity index is 1.51. The molecule has 2 heterocycles. The minimum Gasteiger partial charge on any atom is -0.492 e. The van der Waals surface area contributed by atoms with Crippen molar-refractivity contribution >= 4 is 5.91 Å². The number of carbonyl (C=O) groups excluding carboxylic acids is 1. The van der Waals surface area contributed by atoms with E-state index >= 15 is 0 Å². The van der Waals surface area contributed by atoms with Crippen LogP contribution in [0.2, 0.25) is 0 Å². The SMILES string of the molecule is CN(CCOc1cccc(-c2cnn(C)c2)c1)C(=O)C1CC(F)(F)CN1. The Bertz CT molecular complexity index is 778. The fourth-order valence-electron chi connectivity index (χ4n) is 2.90. The molecule has 0 spiro atoms. The maximum absolute atomic E-state index is 13.2. The van der Waals surface area contributed by atoms with Crippen molar-refractivity contribution in [1.29, 1.82) is 0 Å². The summed E-state index contributed by atoms with van der Waals surface area (Å²) in [6, 6.07) is 6.75. The normalized spacial score (nSPS) is 18.7. The molecule has 0 radical (unpaired) electrons. The van der Waals surface area contributed by atoms with Crippen LogP contribution in [0.3, 0.4) is 0 Å². The molecule has 1 atom stereocenters. The molecule has 0 bridgehead atoms. The fourth-order valence-corrected chi connectivity index (χ4v) is 2.90. The van der Waals surface area contributed by atoms with E-state index in [-0.39, 0.29) is 12.5 Å². The third-order valence-electron chi connectivity index (χ3n) is 4.35. The Morgan fingerprint density at radius 3 is 2.92 bits per heavy atom. The van der Waals surface area contributed by atoms with E-state index in [4.69, 9.17) is 4.74 Å². The van der Waals surface area contributed by atoms with Crippen molar-refractivity contribution in [3.05, 3.63) is 36.7 Å². The first kappa shape index (κ1) is 18.3. The molecule has 1 amide bonds. The molecule has 8 heteroatoms. The van der Waals surface area contributed by atoms with Crippen LogP contribution < -0.4 is 10.1 Å². The number of benzene rings is 1. The van der Waals surface area contributed by atoms with Gasteiger partial charge in [0.05, 0.1) is 25.3 Å². The van der Waals surface area contributed by atoms with Gasteiger partial charge in [-0.25, -0.2) is 8.78 Å². The zero-order chi connectivity index (χ0) is 18.7. The molecule has 3 rings (SSSR count). The molecule has 26 heavy (non-hydrogen) atoms. The predicted molar refractivity (Wildman–Crippen MR) is 93.1 cm³/mol. The van der Waals surface area contributed by atoms with Crippen LogP contribution in [0.5, 0.6) is 5.75 Å². The van der Waals surface area contributed by atoms with E-state index in [2.05, 4.69) is 10.4 Å². The summed E-state index contributed by atoms with van der Waals surface area (Å²) < 4.78 is 33.9. The van der Waals surface area contributed by atoms with Gasteiger partial charge < -0.3 is 9.64 Å². The van der Waals surface area contributed by atoms with Crippen LogP contribution in [-0.4, -0.2) is 59.3 Å². The van der Waals surface area contributed by atoms with Gasteiger partial charge in [0.1, 0.15) is 12.4 Å². The lowest BCUT2D eigenvalue weighted by Gasteiger charge is -2.21. The third kappa shape index (κ3) is 4.37. The summed E-state index contributed by atoms with van der Waals surface area (Å²) in [6.45, 7) is 0.149. The van der Waals surface area contributed by atoms with Crippen LogP contribution in [0.1, 0.15) is 6.42 Å². The predicted octanol–water partition coefficient (Wildman–Crippen LogP) is 1.92. The number of aromatic nitrogens is 2. The van der Waals surface area contributed by atoms with Gasteiger partial charge in [-0.3, -0.25) is 14.8 Å². The van der Waals surface area contributed by atoms with E-state index in [9.17, 15) is 13.6 Å². The number of hydrogen-bond acceptors (Lipinski definition) is 4. The van der Waals surface area contributed by atoms with E-state index in [0.29, 0.717) is 12.3 Å². The highest BCUT2D eigenvalue weighted by molar-refractivity contribution is 5.82. The Kier molecular flexibility index (Phi) is 5.22. The third-order valence-corrected chi connectivity index (χ3v) is 4.35. The molecule has 1 aliphatic heterocycles. The molecule has 0 saturated carbocycles. The maximum atomic E-state index is 13.2. The molecule has 0 aliphatic carbocycles. The summed E-state index contributed by atoms with van der Waals surface area (Å²) in [5, 5.41) is 6.72. The lowest BCUT2D eigenvalue weighted by Crippen LogP contribution is -2.43. The van der Waals surface area contributed by atoms with Crippen molar-refractivity contribution in [2.45, 2.75) is 18.4 Å². The quantitative estimate of drug-likeness (QED) is 0.851. The standard InChI is InChI=1S/C18H22F2N4O2/c1-23(17(25)16-9-18(19,20)12-21-16)6-7-26-15-5-3-4-13(8-15)14-10-22-24(2)11-14/h3-5,8,10-11,16,21H,6-7,9,12H2,1-2H3. The molecule has 2 aromatic rings. The first-order chi connectivity index (χ1) is 12.3. The molecular weight excluding hydrogens is 342 g/mol. The number of nitrogens with zero attached hydrogens (tertiary/aromatic N) is 3. The van der Waals surface area contributed by atoms with Crippen molar-refractivity contribution in [3.8, 4) is 16.9 Å². The van der Waals surface area contributed by atoms with Gasteiger partial charge in [0.15, 0.2) is 0 Å². The number of nitrogens with one attached hydrogen (secondary N) is 1. The summed E-state index contributed by atoms with van der Waals surface area (Å²) >= 11 is 0. The number of carbonyl (C=O) groups is 1. The summed E-state index contributed by atoms with van der Waals surface area (Å²) in [5.41, 5.74) is 1.97. The summed E-state index contributed by atoms with van der Waals surface area (Å²) in [4.78, 5) is 13.6. The monoisotopic (exact) mass is 364 g/mol. The lowest BCUT2D eigenvalue weighted by molar-refractivity contribution is -0.132. The molecule has 1 aliphatic rings. The molecule has 140 valence electrons. The minimum absolute atomic E-state index is 0.280. The zero-order valence-electron chi connectivity index (χ0n) is 14.8. The second-order valence-electron chi connectivity index (χ2n) is 6.53. The Morgan fingerprint density at radius 2 is 2.27 bits per heavy atom. The van der Waals surface area contributed by atoms with Gasteiger partial charge >= 0.3 is 0 Å². The van der Waals surface area contributed by atoms with Crippen LogP contribution in [0, 0.1) is 0 Å². The first-order valence-electron chi connectivity index (χ1n) is 8.42. The number of alkyl halides is 2. The highest BCUT2D eigenvalue weighted by atomic mass is 19.3. The molecular formula is C18H22F2N4O2. The van der Waals surface area contributed by atoms with Gasteiger partial charge in [0.25, 0.3) is 5.92 Å². The van der Waals surface area contributed by atoms with Crippen LogP contribution >= 0.6 is 0 Å². The van der Waals surface area contributed by atoms with Crippen molar-refractivity contribution in [3.63, 3.8) is 0 Å².